The first-order valence-electron chi connectivity index (χ1n) is 37.9. The van der Waals surface area contributed by atoms with E-state index in [9.17, 15) is 9.59 Å². The van der Waals surface area contributed by atoms with Gasteiger partial charge in [-0.3, -0.25) is 9.59 Å². The fraction of sp³-hybridized carbons (Fsp3) is 0.972. The van der Waals surface area contributed by atoms with Crippen molar-refractivity contribution in [2.45, 2.75) is 135 Å². The van der Waals surface area contributed by atoms with Crippen LogP contribution in [-0.2, 0) is 119 Å². The number of carboxylic acid groups (broad SMARTS) is 1. The van der Waals surface area contributed by atoms with Crippen LogP contribution in [0.25, 0.3) is 10.4 Å². The minimum atomic E-state index is -0.710. The van der Waals surface area contributed by atoms with Crippen molar-refractivity contribution in [2.75, 3.05) is 311 Å². The number of amides is 1. The van der Waals surface area contributed by atoms with Gasteiger partial charge in [0, 0.05) is 23.8 Å². The van der Waals surface area contributed by atoms with E-state index in [1.54, 1.807) is 0 Å². The van der Waals surface area contributed by atoms with Crippen LogP contribution in [0.3, 0.4) is 0 Å². The highest BCUT2D eigenvalue weighted by atomic mass is 16.6. The summed E-state index contributed by atoms with van der Waals surface area (Å²) in [5, 5.41) is 15.2. The summed E-state index contributed by atoms with van der Waals surface area (Å²) >= 11 is 0. The van der Waals surface area contributed by atoms with Gasteiger partial charge in [0.2, 0.25) is 5.91 Å². The fourth-order valence-electron chi connectivity index (χ4n) is 9.16. The zero-order valence-electron chi connectivity index (χ0n) is 62.4. The SMILES string of the molecule is CCCCCCCCCCCC(CCCCCCCCCCC(=O)O)C(=O)NCOCCOCCOCCOCCOCCOCCOCCOCCOCCOCCOCCOCCOCCOCCOCCOCCOCCOCCOCCOCCOCCOCCOCCN=[N+]=[N-]. The highest BCUT2D eigenvalue weighted by Gasteiger charge is 2.18. The molecule has 1 unspecified atom stereocenters. The van der Waals surface area contributed by atoms with E-state index in [0.717, 1.165) is 64.2 Å². The predicted octanol–water partition coefficient (Wildman–Crippen LogP) is 8.27. The number of rotatable bonds is 93. The van der Waals surface area contributed by atoms with Crippen LogP contribution in [0, 0.1) is 5.92 Å². The maximum absolute atomic E-state index is 13.1. The van der Waals surface area contributed by atoms with Crippen molar-refractivity contribution < 1.29 is 124 Å². The number of carbonyl (C=O) groups is 2. The van der Waals surface area contributed by atoms with Crippen LogP contribution in [0.1, 0.15) is 135 Å². The molecule has 0 aromatic heterocycles. The molecule has 0 aliphatic heterocycles. The number of hydrogen-bond donors (Lipinski definition) is 2. The van der Waals surface area contributed by atoms with Crippen LogP contribution < -0.4 is 5.32 Å². The van der Waals surface area contributed by atoms with Crippen LogP contribution in [0.15, 0.2) is 5.11 Å². The fourth-order valence-corrected chi connectivity index (χ4v) is 9.16. The monoisotopic (exact) mass is 1460 g/mol. The van der Waals surface area contributed by atoms with Gasteiger partial charge in [-0.15, -0.1) is 0 Å². The molecule has 1 amide bonds. The van der Waals surface area contributed by atoms with E-state index in [2.05, 4.69) is 22.3 Å². The Bertz CT molecular complexity index is 1650. The van der Waals surface area contributed by atoms with Crippen molar-refractivity contribution in [3.05, 3.63) is 10.4 Å². The Morgan fingerprint density at radius 3 is 0.683 bits per heavy atom. The zero-order valence-corrected chi connectivity index (χ0v) is 62.4. The number of carboxylic acids is 1. The lowest BCUT2D eigenvalue weighted by Gasteiger charge is -2.17. The number of azide groups is 1. The summed E-state index contributed by atoms with van der Waals surface area (Å²) in [6.45, 7) is 23.9. The molecule has 30 heteroatoms. The van der Waals surface area contributed by atoms with E-state index in [4.69, 9.17) is 120 Å². The van der Waals surface area contributed by atoms with Crippen LogP contribution in [-0.4, -0.2) is 328 Å². The molecule has 0 spiro atoms. The molecule has 600 valence electrons. The van der Waals surface area contributed by atoms with E-state index in [1.807, 2.05) is 0 Å². The second kappa shape index (κ2) is 91.5. The normalized spacial score (nSPS) is 11.9. The van der Waals surface area contributed by atoms with Gasteiger partial charge in [0.25, 0.3) is 0 Å². The maximum Gasteiger partial charge on any atom is 0.303 e. The number of nitrogens with one attached hydrogen (secondary N) is 1. The molecule has 0 aromatic carbocycles. The summed E-state index contributed by atoms with van der Waals surface area (Å²) in [4.78, 5) is 26.5. The minimum Gasteiger partial charge on any atom is -0.481 e. The van der Waals surface area contributed by atoms with Crippen molar-refractivity contribution in [2.24, 2.45) is 11.0 Å². The molecule has 0 saturated heterocycles. The van der Waals surface area contributed by atoms with Gasteiger partial charge in [-0.05, 0) is 24.8 Å². The zero-order chi connectivity index (χ0) is 72.5. The molecule has 0 bridgehead atoms. The van der Waals surface area contributed by atoms with Crippen molar-refractivity contribution in [1.82, 2.24) is 5.32 Å². The quantitative estimate of drug-likeness (QED) is 0.0190. The smallest absolute Gasteiger partial charge is 0.303 e. The van der Waals surface area contributed by atoms with Crippen molar-refractivity contribution in [1.29, 1.82) is 0 Å². The predicted molar refractivity (Wildman–Crippen MR) is 380 cm³/mol. The van der Waals surface area contributed by atoms with E-state index in [0.29, 0.717) is 304 Å². The first-order chi connectivity index (χ1) is 50.1. The van der Waals surface area contributed by atoms with Crippen LogP contribution in [0.4, 0.5) is 0 Å². The van der Waals surface area contributed by atoms with Gasteiger partial charge in [0.1, 0.15) is 6.73 Å². The van der Waals surface area contributed by atoms with E-state index in [-0.39, 0.29) is 25.0 Å². The highest BCUT2D eigenvalue weighted by molar-refractivity contribution is 5.78. The number of ether oxygens (including phenoxy) is 23. The molecular weight excluding hydrogens is 1320 g/mol. The van der Waals surface area contributed by atoms with Gasteiger partial charge in [0.05, 0.1) is 297 Å². The Morgan fingerprint density at radius 1 is 0.287 bits per heavy atom. The van der Waals surface area contributed by atoms with Gasteiger partial charge in [-0.25, -0.2) is 0 Å². The second-order valence-electron chi connectivity index (χ2n) is 23.1. The lowest BCUT2D eigenvalue weighted by Crippen LogP contribution is -2.33. The highest BCUT2D eigenvalue weighted by Crippen LogP contribution is 2.20. The van der Waals surface area contributed by atoms with E-state index in [1.165, 1.54) is 57.8 Å². The number of nitrogens with zero attached hydrogens (tertiary/aromatic N) is 3. The molecule has 2 N–H and O–H groups in total. The van der Waals surface area contributed by atoms with Crippen molar-refractivity contribution in [3.8, 4) is 0 Å². The van der Waals surface area contributed by atoms with Gasteiger partial charge in [-0.2, -0.15) is 0 Å². The molecule has 0 aliphatic carbocycles. The van der Waals surface area contributed by atoms with Crippen LogP contribution in [0.5, 0.6) is 0 Å². The molecule has 0 saturated carbocycles. The molecule has 0 rings (SSSR count). The van der Waals surface area contributed by atoms with Crippen LogP contribution >= 0.6 is 0 Å². The number of carbonyl (C=O) groups excluding carboxylic acids is 1. The van der Waals surface area contributed by atoms with Crippen molar-refractivity contribution >= 4 is 11.9 Å². The molecule has 1 atom stereocenters. The van der Waals surface area contributed by atoms with E-state index >= 15 is 0 Å². The Hall–Kier alpha value is -2.67. The Morgan fingerprint density at radius 2 is 0.475 bits per heavy atom. The molecule has 30 nitrogen and oxygen atoms in total. The number of hydrogen-bond acceptors (Lipinski definition) is 26. The minimum absolute atomic E-state index is 0.0185. The topological polar surface area (TPSA) is 327 Å². The third kappa shape index (κ3) is 89.6. The summed E-state index contributed by atoms with van der Waals surface area (Å²) in [6, 6.07) is 0. The molecule has 0 fully saturated rings. The Labute approximate surface area is 606 Å². The third-order valence-electron chi connectivity index (χ3n) is 14.7. The summed E-state index contributed by atoms with van der Waals surface area (Å²) in [6.07, 6.45) is 22.0. The third-order valence-corrected chi connectivity index (χ3v) is 14.7. The summed E-state index contributed by atoms with van der Waals surface area (Å²) in [5.74, 6) is -0.601. The average molecular weight is 1470 g/mol. The van der Waals surface area contributed by atoms with Gasteiger partial charge < -0.3 is 119 Å². The molecule has 101 heavy (non-hydrogen) atoms. The molecule has 0 radical (unpaired) electrons. The second-order valence-corrected chi connectivity index (χ2v) is 23.1. The molecule has 0 heterocycles. The Kier molecular flexibility index (Phi) is 89.1. The Balaban J connectivity index is 3.33. The van der Waals surface area contributed by atoms with Crippen molar-refractivity contribution in [3.63, 3.8) is 0 Å². The average Bonchev–Trinajstić information content (AvgIpc) is 1.30. The first-order valence-corrected chi connectivity index (χ1v) is 37.9. The number of unbranched alkanes of at least 4 members (excludes halogenated alkanes) is 15. The summed E-state index contributed by atoms with van der Waals surface area (Å²) < 4.78 is 127. The molecule has 0 aliphatic rings. The summed E-state index contributed by atoms with van der Waals surface area (Å²) in [5.41, 5.74) is 8.18. The largest absolute Gasteiger partial charge is 0.481 e. The number of aliphatic carboxylic acids is 1. The van der Waals surface area contributed by atoms with Gasteiger partial charge >= 0.3 is 5.97 Å². The van der Waals surface area contributed by atoms with Gasteiger partial charge in [-0.1, -0.05) is 115 Å². The maximum atomic E-state index is 13.1. The first kappa shape index (κ1) is 98.3. The lowest BCUT2D eigenvalue weighted by atomic mass is 9.93. The standard InChI is InChI=1S/C71H140N4O26/c1-2-3-4-5-6-7-10-13-16-19-69(20-17-14-11-8-9-12-15-18-21-70(76)77)71(78)73-68-101-67-66-100-65-64-99-63-62-98-61-60-97-59-58-96-57-56-95-55-54-94-53-52-93-51-50-92-49-48-91-47-46-90-45-44-89-43-42-88-41-40-87-39-38-86-37-36-85-35-34-84-33-32-83-31-30-82-29-28-81-27-26-80-25-24-79-23-22-74-75-72/h69H,2-68H2,1H3,(H,73,78)(H,76,77). The lowest BCUT2D eigenvalue weighted by molar-refractivity contribution is -0.137. The van der Waals surface area contributed by atoms with Gasteiger partial charge in [0.15, 0.2) is 0 Å². The molecular formula is C71H140N4O26. The van der Waals surface area contributed by atoms with Crippen LogP contribution in [0.2, 0.25) is 0 Å². The molecule has 0 aromatic rings. The summed E-state index contributed by atoms with van der Waals surface area (Å²) in [7, 11) is 0. The van der Waals surface area contributed by atoms with E-state index < -0.39 is 5.97 Å².